The van der Waals surface area contributed by atoms with Gasteiger partial charge in [0.05, 0.1) is 22.4 Å². The molecule has 37 heavy (non-hydrogen) atoms. The maximum Gasteiger partial charge on any atom is 0.254 e. The van der Waals surface area contributed by atoms with E-state index >= 15 is 0 Å². The molecule has 0 saturated carbocycles. The van der Waals surface area contributed by atoms with Gasteiger partial charge in [-0.05, 0) is 61.1 Å². The standard InChI is InChI=1S/C29H28FN5O2/c1-19(36)31-18-20-4-3-5-22(16-20)28-27(21-6-9-24(30)10-7-21)32-25-11-8-23(17-26(25)33-28)29(37)35-14-12-34(2)13-15-35/h3-11,16-17H,12-15,18H2,1-2H3,(H,31,36). The first-order valence-electron chi connectivity index (χ1n) is 12.3. The van der Waals surface area contributed by atoms with Crippen LogP contribution in [-0.4, -0.2) is 64.8 Å². The fourth-order valence-electron chi connectivity index (χ4n) is 4.44. The van der Waals surface area contributed by atoms with Gasteiger partial charge in [0.1, 0.15) is 5.82 Å². The van der Waals surface area contributed by atoms with Crippen LogP contribution < -0.4 is 5.32 Å². The summed E-state index contributed by atoms with van der Waals surface area (Å²) in [5, 5.41) is 2.81. The largest absolute Gasteiger partial charge is 0.352 e. The van der Waals surface area contributed by atoms with Gasteiger partial charge >= 0.3 is 0 Å². The van der Waals surface area contributed by atoms with E-state index < -0.39 is 0 Å². The number of rotatable bonds is 5. The van der Waals surface area contributed by atoms with E-state index in [2.05, 4.69) is 17.3 Å². The van der Waals surface area contributed by atoms with Crippen molar-refractivity contribution >= 4 is 22.8 Å². The summed E-state index contributed by atoms with van der Waals surface area (Å²) in [4.78, 5) is 38.5. The third kappa shape index (κ3) is 5.49. The summed E-state index contributed by atoms with van der Waals surface area (Å²) in [5.74, 6) is -0.456. The molecule has 8 heteroatoms. The zero-order valence-corrected chi connectivity index (χ0v) is 20.9. The zero-order valence-electron chi connectivity index (χ0n) is 20.9. The first-order chi connectivity index (χ1) is 17.9. The Morgan fingerprint density at radius 3 is 2.30 bits per heavy atom. The highest BCUT2D eigenvalue weighted by Gasteiger charge is 2.21. The van der Waals surface area contributed by atoms with Crippen molar-refractivity contribution in [3.8, 4) is 22.5 Å². The van der Waals surface area contributed by atoms with Gasteiger partial charge in [0.25, 0.3) is 5.91 Å². The van der Waals surface area contributed by atoms with Crippen LogP contribution in [0.5, 0.6) is 0 Å². The summed E-state index contributed by atoms with van der Waals surface area (Å²) in [6.45, 7) is 4.94. The summed E-state index contributed by atoms with van der Waals surface area (Å²) < 4.78 is 13.7. The summed E-state index contributed by atoms with van der Waals surface area (Å²) in [7, 11) is 2.05. The molecule has 7 nitrogen and oxygen atoms in total. The molecule has 0 atom stereocenters. The van der Waals surface area contributed by atoms with Crippen LogP contribution >= 0.6 is 0 Å². The lowest BCUT2D eigenvalue weighted by Crippen LogP contribution is -2.47. The first-order valence-corrected chi connectivity index (χ1v) is 12.3. The van der Waals surface area contributed by atoms with E-state index in [0.717, 1.165) is 29.8 Å². The second-order valence-electron chi connectivity index (χ2n) is 9.34. The van der Waals surface area contributed by atoms with Crippen LogP contribution in [0.4, 0.5) is 4.39 Å². The Morgan fingerprint density at radius 2 is 1.57 bits per heavy atom. The van der Waals surface area contributed by atoms with E-state index in [4.69, 9.17) is 9.97 Å². The van der Waals surface area contributed by atoms with E-state index in [9.17, 15) is 14.0 Å². The molecule has 0 radical (unpaired) electrons. The number of likely N-dealkylation sites (N-methyl/N-ethyl adjacent to an activating group) is 1. The number of fused-ring (bicyclic) bond motifs is 1. The van der Waals surface area contributed by atoms with Gasteiger partial charge in [0.15, 0.2) is 0 Å². The topological polar surface area (TPSA) is 78.4 Å². The quantitative estimate of drug-likeness (QED) is 0.449. The number of nitrogens with one attached hydrogen (secondary N) is 1. The van der Waals surface area contributed by atoms with Gasteiger partial charge in [0.2, 0.25) is 5.91 Å². The second kappa shape index (κ2) is 10.4. The van der Waals surface area contributed by atoms with Crippen molar-refractivity contribution in [2.75, 3.05) is 33.2 Å². The number of hydrogen-bond donors (Lipinski definition) is 1. The molecule has 0 bridgehead atoms. The molecular formula is C29H28FN5O2. The van der Waals surface area contributed by atoms with Gasteiger partial charge < -0.3 is 15.1 Å². The third-order valence-electron chi connectivity index (χ3n) is 6.56. The van der Waals surface area contributed by atoms with Crippen molar-refractivity contribution in [1.82, 2.24) is 25.1 Å². The maximum atomic E-state index is 13.7. The van der Waals surface area contributed by atoms with E-state index in [-0.39, 0.29) is 17.6 Å². The molecular weight excluding hydrogens is 469 g/mol. The summed E-state index contributed by atoms with van der Waals surface area (Å²) in [6, 6.07) is 19.3. The van der Waals surface area contributed by atoms with Crippen molar-refractivity contribution in [2.45, 2.75) is 13.5 Å². The number of halogens is 1. The minimum Gasteiger partial charge on any atom is -0.352 e. The number of carbonyl (C=O) groups is 2. The molecule has 1 saturated heterocycles. The molecule has 3 aromatic carbocycles. The first kappa shape index (κ1) is 24.5. The Labute approximate surface area is 215 Å². The van der Waals surface area contributed by atoms with Gasteiger partial charge in [-0.3, -0.25) is 9.59 Å². The van der Waals surface area contributed by atoms with Crippen molar-refractivity contribution in [3.63, 3.8) is 0 Å². The Morgan fingerprint density at radius 1 is 0.865 bits per heavy atom. The van der Waals surface area contributed by atoms with E-state index in [1.165, 1.54) is 19.1 Å². The summed E-state index contributed by atoms with van der Waals surface area (Å²) in [5.41, 5.74) is 5.52. The SMILES string of the molecule is CC(=O)NCc1cccc(-c2nc3cc(C(=O)N4CCN(C)CC4)ccc3nc2-c2ccc(F)cc2)c1. The molecule has 1 fully saturated rings. The van der Waals surface area contributed by atoms with Gasteiger partial charge in [-0.15, -0.1) is 0 Å². The smallest absolute Gasteiger partial charge is 0.254 e. The van der Waals surface area contributed by atoms with E-state index in [0.29, 0.717) is 47.6 Å². The number of carbonyl (C=O) groups excluding carboxylic acids is 2. The van der Waals surface area contributed by atoms with E-state index in [1.54, 1.807) is 24.3 Å². The minimum absolute atomic E-state index is 0.0155. The van der Waals surface area contributed by atoms with Gasteiger partial charge in [0, 0.05) is 56.3 Å². The molecule has 1 aliphatic rings. The van der Waals surface area contributed by atoms with Crippen molar-refractivity contribution < 1.29 is 14.0 Å². The number of aromatic nitrogens is 2. The van der Waals surface area contributed by atoms with Crippen LogP contribution in [0.25, 0.3) is 33.5 Å². The predicted octanol–water partition coefficient (Wildman–Crippen LogP) is 4.13. The summed E-state index contributed by atoms with van der Waals surface area (Å²) >= 11 is 0. The van der Waals surface area contributed by atoms with E-state index in [1.807, 2.05) is 35.2 Å². The molecule has 4 aromatic rings. The highest BCUT2D eigenvalue weighted by atomic mass is 19.1. The molecule has 1 aliphatic heterocycles. The fourth-order valence-corrected chi connectivity index (χ4v) is 4.44. The monoisotopic (exact) mass is 497 g/mol. The van der Waals surface area contributed by atoms with Crippen molar-refractivity contribution in [1.29, 1.82) is 0 Å². The Balaban J connectivity index is 1.59. The second-order valence-corrected chi connectivity index (χ2v) is 9.34. The van der Waals surface area contributed by atoms with Gasteiger partial charge in [-0.25, -0.2) is 14.4 Å². The number of hydrogen-bond acceptors (Lipinski definition) is 5. The average Bonchev–Trinajstić information content (AvgIpc) is 2.91. The maximum absolute atomic E-state index is 13.7. The molecule has 1 aromatic heterocycles. The molecule has 188 valence electrons. The van der Waals surface area contributed by atoms with Crippen LogP contribution in [0.15, 0.2) is 66.7 Å². The lowest BCUT2D eigenvalue weighted by atomic mass is 10.0. The Hall–Kier alpha value is -4.17. The van der Waals surface area contributed by atoms with Crippen LogP contribution in [0.2, 0.25) is 0 Å². The molecule has 0 unspecified atom stereocenters. The Bertz CT molecular complexity index is 1460. The number of amides is 2. The Kier molecular flexibility index (Phi) is 6.92. The summed E-state index contributed by atoms with van der Waals surface area (Å²) in [6.07, 6.45) is 0. The lowest BCUT2D eigenvalue weighted by molar-refractivity contribution is -0.119. The number of nitrogens with zero attached hydrogens (tertiary/aromatic N) is 4. The van der Waals surface area contributed by atoms with Gasteiger partial charge in [-0.2, -0.15) is 0 Å². The van der Waals surface area contributed by atoms with Crippen LogP contribution in [0.3, 0.4) is 0 Å². The molecule has 2 amide bonds. The molecule has 0 spiro atoms. The molecule has 2 heterocycles. The predicted molar refractivity (Wildman–Crippen MR) is 141 cm³/mol. The zero-order chi connectivity index (χ0) is 25.9. The van der Waals surface area contributed by atoms with Crippen molar-refractivity contribution in [2.24, 2.45) is 0 Å². The molecule has 1 N–H and O–H groups in total. The molecule has 0 aliphatic carbocycles. The average molecular weight is 498 g/mol. The van der Waals surface area contributed by atoms with Crippen LogP contribution in [0, 0.1) is 5.82 Å². The van der Waals surface area contributed by atoms with Gasteiger partial charge in [-0.1, -0.05) is 18.2 Å². The normalized spacial score (nSPS) is 14.1. The van der Waals surface area contributed by atoms with Crippen LogP contribution in [0.1, 0.15) is 22.8 Å². The highest BCUT2D eigenvalue weighted by Crippen LogP contribution is 2.32. The molecule has 5 rings (SSSR count). The number of piperazine rings is 1. The van der Waals surface area contributed by atoms with Crippen molar-refractivity contribution in [3.05, 3.63) is 83.7 Å². The lowest BCUT2D eigenvalue weighted by Gasteiger charge is -2.32. The number of benzene rings is 3. The van der Waals surface area contributed by atoms with Crippen LogP contribution in [-0.2, 0) is 11.3 Å². The highest BCUT2D eigenvalue weighted by molar-refractivity contribution is 5.98. The third-order valence-corrected chi connectivity index (χ3v) is 6.56. The minimum atomic E-state index is -0.330. The fraction of sp³-hybridized carbons (Fsp3) is 0.241.